The smallest absolute Gasteiger partial charge is 0.247 e. The molecule has 1 atom stereocenters. The topological polar surface area (TPSA) is 78.0 Å². The fraction of sp³-hybridized carbons (Fsp3) is 0.412. The second kappa shape index (κ2) is 7.13. The Labute approximate surface area is 141 Å². The van der Waals surface area contributed by atoms with Crippen LogP contribution in [0.4, 0.5) is 5.82 Å². The molecule has 2 aromatic rings. The fourth-order valence-electron chi connectivity index (χ4n) is 2.97. The van der Waals surface area contributed by atoms with E-state index in [9.17, 15) is 10.1 Å². The summed E-state index contributed by atoms with van der Waals surface area (Å²) in [6, 6.07) is 7.24. The first-order chi connectivity index (χ1) is 11.7. The summed E-state index contributed by atoms with van der Waals surface area (Å²) in [5, 5.41) is 13.4. The predicted molar refractivity (Wildman–Crippen MR) is 89.3 cm³/mol. The van der Waals surface area contributed by atoms with Gasteiger partial charge in [-0.2, -0.15) is 10.4 Å². The number of nitrogens with zero attached hydrogens (tertiary/aromatic N) is 6. The molecule has 0 spiro atoms. The highest BCUT2D eigenvalue weighted by molar-refractivity contribution is 5.80. The highest BCUT2D eigenvalue weighted by Gasteiger charge is 2.25. The first kappa shape index (κ1) is 16.0. The molecule has 124 valence electrons. The number of hydrogen-bond donors (Lipinski definition) is 0. The van der Waals surface area contributed by atoms with Gasteiger partial charge in [-0.25, -0.2) is 4.98 Å². The molecule has 3 rings (SSSR count). The molecule has 0 radical (unpaired) electrons. The molecular formula is C17H20N6O. The van der Waals surface area contributed by atoms with Crippen molar-refractivity contribution in [1.82, 2.24) is 19.7 Å². The summed E-state index contributed by atoms with van der Waals surface area (Å²) in [6.45, 7) is 4.64. The molecular weight excluding hydrogens is 304 g/mol. The van der Waals surface area contributed by atoms with Gasteiger partial charge in [-0.05, 0) is 31.5 Å². The number of amides is 1. The summed E-state index contributed by atoms with van der Waals surface area (Å²) in [6.07, 6.45) is 6.03. The fourth-order valence-corrected chi connectivity index (χ4v) is 2.97. The van der Waals surface area contributed by atoms with E-state index in [1.165, 1.54) is 0 Å². The van der Waals surface area contributed by atoms with Gasteiger partial charge in [0.05, 0.1) is 5.56 Å². The zero-order valence-corrected chi connectivity index (χ0v) is 13.7. The van der Waals surface area contributed by atoms with Crippen molar-refractivity contribution >= 4 is 11.7 Å². The van der Waals surface area contributed by atoms with E-state index in [2.05, 4.69) is 21.1 Å². The minimum absolute atomic E-state index is 0.0714. The summed E-state index contributed by atoms with van der Waals surface area (Å²) < 4.78 is 1.68. The zero-order chi connectivity index (χ0) is 16.9. The average Bonchev–Trinajstić information content (AvgIpc) is 3.05. The van der Waals surface area contributed by atoms with Crippen LogP contribution in [0, 0.1) is 11.3 Å². The minimum atomic E-state index is -0.309. The molecule has 3 heterocycles. The van der Waals surface area contributed by atoms with E-state index in [1.54, 1.807) is 35.4 Å². The van der Waals surface area contributed by atoms with E-state index < -0.39 is 0 Å². The Morgan fingerprint density at radius 1 is 1.25 bits per heavy atom. The molecule has 0 unspecified atom stereocenters. The number of rotatable bonds is 3. The largest absolute Gasteiger partial charge is 0.354 e. The van der Waals surface area contributed by atoms with Gasteiger partial charge in [0.25, 0.3) is 0 Å². The normalized spacial score (nSPS) is 16.3. The quantitative estimate of drug-likeness (QED) is 0.854. The van der Waals surface area contributed by atoms with Crippen LogP contribution in [0.2, 0.25) is 0 Å². The molecule has 1 fully saturated rings. The molecule has 0 aliphatic carbocycles. The van der Waals surface area contributed by atoms with Crippen LogP contribution in [0.3, 0.4) is 0 Å². The van der Waals surface area contributed by atoms with Crippen molar-refractivity contribution in [3.8, 4) is 6.07 Å². The van der Waals surface area contributed by atoms with Crippen LogP contribution in [0.1, 0.15) is 24.9 Å². The zero-order valence-electron chi connectivity index (χ0n) is 13.7. The molecule has 1 aliphatic heterocycles. The van der Waals surface area contributed by atoms with Crippen molar-refractivity contribution < 1.29 is 4.79 Å². The lowest BCUT2D eigenvalue weighted by molar-refractivity contribution is -0.134. The van der Waals surface area contributed by atoms with Crippen LogP contribution in [-0.2, 0) is 4.79 Å². The molecule has 1 saturated heterocycles. The molecule has 1 amide bonds. The van der Waals surface area contributed by atoms with Crippen molar-refractivity contribution in [3.63, 3.8) is 0 Å². The number of anilines is 1. The molecule has 1 aliphatic rings. The number of carbonyl (C=O) groups excluding carboxylic acids is 1. The number of pyridine rings is 1. The highest BCUT2D eigenvalue weighted by Crippen LogP contribution is 2.19. The molecule has 7 nitrogen and oxygen atoms in total. The SMILES string of the molecule is C[C@@H](C(=O)N1CCCN(c2ncccc2C#N)CC1)n1cccn1. The van der Waals surface area contributed by atoms with Crippen molar-refractivity contribution in [2.24, 2.45) is 0 Å². The molecule has 24 heavy (non-hydrogen) atoms. The second-order valence-corrected chi connectivity index (χ2v) is 5.81. The Balaban J connectivity index is 1.69. The van der Waals surface area contributed by atoms with Crippen molar-refractivity contribution in [1.29, 1.82) is 5.26 Å². The van der Waals surface area contributed by atoms with Crippen LogP contribution in [0.25, 0.3) is 0 Å². The third-order valence-electron chi connectivity index (χ3n) is 4.29. The van der Waals surface area contributed by atoms with E-state index >= 15 is 0 Å². The Morgan fingerprint density at radius 3 is 2.88 bits per heavy atom. The van der Waals surface area contributed by atoms with Crippen molar-refractivity contribution in [3.05, 3.63) is 42.4 Å². The summed E-state index contributed by atoms with van der Waals surface area (Å²) >= 11 is 0. The van der Waals surface area contributed by atoms with Crippen molar-refractivity contribution in [2.45, 2.75) is 19.4 Å². The van der Waals surface area contributed by atoms with Gasteiger partial charge in [-0.3, -0.25) is 9.48 Å². The Morgan fingerprint density at radius 2 is 2.12 bits per heavy atom. The van der Waals surface area contributed by atoms with Crippen LogP contribution in [-0.4, -0.2) is 51.8 Å². The summed E-state index contributed by atoms with van der Waals surface area (Å²) in [7, 11) is 0. The Kier molecular flexibility index (Phi) is 4.75. The predicted octanol–water partition coefficient (Wildman–Crippen LogP) is 1.45. The number of carbonyl (C=O) groups is 1. The minimum Gasteiger partial charge on any atom is -0.354 e. The van der Waals surface area contributed by atoms with Gasteiger partial charge < -0.3 is 9.80 Å². The summed E-state index contributed by atoms with van der Waals surface area (Å²) in [5.74, 6) is 0.775. The number of hydrogen-bond acceptors (Lipinski definition) is 5. The highest BCUT2D eigenvalue weighted by atomic mass is 16.2. The van der Waals surface area contributed by atoms with Crippen molar-refractivity contribution in [2.75, 3.05) is 31.1 Å². The second-order valence-electron chi connectivity index (χ2n) is 5.81. The van der Waals surface area contributed by atoms with Gasteiger partial charge >= 0.3 is 0 Å². The average molecular weight is 324 g/mol. The van der Waals surface area contributed by atoms with Gasteiger partial charge in [0.1, 0.15) is 17.9 Å². The lowest BCUT2D eigenvalue weighted by Crippen LogP contribution is -2.39. The number of aromatic nitrogens is 3. The lowest BCUT2D eigenvalue weighted by Gasteiger charge is -2.25. The van der Waals surface area contributed by atoms with Gasteiger partial charge in [0, 0.05) is 44.8 Å². The first-order valence-corrected chi connectivity index (χ1v) is 8.08. The monoisotopic (exact) mass is 324 g/mol. The Bertz CT molecular complexity index is 736. The van der Waals surface area contributed by atoms with Crippen LogP contribution in [0.15, 0.2) is 36.8 Å². The van der Waals surface area contributed by atoms with Gasteiger partial charge in [-0.15, -0.1) is 0 Å². The van der Waals surface area contributed by atoms with Gasteiger partial charge in [0.15, 0.2) is 0 Å². The summed E-state index contributed by atoms with van der Waals surface area (Å²) in [4.78, 5) is 21.0. The number of nitriles is 1. The third-order valence-corrected chi connectivity index (χ3v) is 4.29. The van der Waals surface area contributed by atoms with Crippen LogP contribution >= 0.6 is 0 Å². The van der Waals surface area contributed by atoms with E-state index in [4.69, 9.17) is 0 Å². The molecule has 0 aromatic carbocycles. The maximum atomic E-state index is 12.7. The standard InChI is InChI=1S/C17H20N6O/c1-14(23-10-3-7-20-23)17(24)22-9-4-8-21(11-12-22)16-15(13-18)5-2-6-19-16/h2-3,5-7,10,14H,4,8-9,11-12H2,1H3/t14-/m0/s1. The Hall–Kier alpha value is -2.88. The molecule has 7 heteroatoms. The first-order valence-electron chi connectivity index (χ1n) is 8.08. The van der Waals surface area contributed by atoms with Crippen LogP contribution < -0.4 is 4.90 Å². The van der Waals surface area contributed by atoms with Crippen LogP contribution in [0.5, 0.6) is 0 Å². The lowest BCUT2D eigenvalue weighted by atomic mass is 10.2. The molecule has 0 bridgehead atoms. The van der Waals surface area contributed by atoms with E-state index in [-0.39, 0.29) is 11.9 Å². The van der Waals surface area contributed by atoms with Gasteiger partial charge in [0.2, 0.25) is 5.91 Å². The molecule has 0 N–H and O–H groups in total. The van der Waals surface area contributed by atoms with Gasteiger partial charge in [-0.1, -0.05) is 0 Å². The maximum Gasteiger partial charge on any atom is 0.247 e. The summed E-state index contributed by atoms with van der Waals surface area (Å²) in [5.41, 5.74) is 0.571. The van der Waals surface area contributed by atoms with E-state index in [1.807, 2.05) is 17.9 Å². The third kappa shape index (κ3) is 3.23. The molecule has 2 aromatic heterocycles. The van der Waals surface area contributed by atoms with E-state index in [0.29, 0.717) is 31.0 Å². The maximum absolute atomic E-state index is 12.7. The van der Waals surface area contributed by atoms with E-state index in [0.717, 1.165) is 13.0 Å². The molecule has 0 saturated carbocycles.